The Labute approximate surface area is 119 Å². The van der Waals surface area contributed by atoms with E-state index in [1.807, 2.05) is 13.0 Å². The molecule has 0 amide bonds. The van der Waals surface area contributed by atoms with Crippen LogP contribution in [-0.4, -0.2) is 31.7 Å². The SMILES string of the molecule is CCCC(C)N(C)S(=O)(=O)c1ccc(CCCl)s1. The summed E-state index contributed by atoms with van der Waals surface area (Å²) in [4.78, 5) is 1.01. The Morgan fingerprint density at radius 2 is 2.11 bits per heavy atom. The first-order valence-corrected chi connectivity index (χ1v) is 8.85. The standard InChI is InChI=1S/C12H20ClNO2S2/c1-4-5-10(2)14(3)18(15,16)12-7-6-11(17-12)8-9-13/h6-7,10H,4-5,8-9H2,1-3H3. The lowest BCUT2D eigenvalue weighted by atomic mass is 10.2. The highest BCUT2D eigenvalue weighted by Crippen LogP contribution is 2.26. The van der Waals surface area contributed by atoms with Crippen LogP contribution >= 0.6 is 22.9 Å². The second-order valence-corrected chi connectivity index (χ2v) is 8.09. The normalized spacial score (nSPS) is 14.1. The Hall–Kier alpha value is -0.100. The van der Waals surface area contributed by atoms with Crippen molar-refractivity contribution in [2.75, 3.05) is 12.9 Å². The van der Waals surface area contributed by atoms with E-state index in [0.29, 0.717) is 10.1 Å². The largest absolute Gasteiger partial charge is 0.252 e. The van der Waals surface area contributed by atoms with E-state index in [9.17, 15) is 8.42 Å². The molecule has 1 aromatic heterocycles. The smallest absolute Gasteiger partial charge is 0.206 e. The summed E-state index contributed by atoms with van der Waals surface area (Å²) in [5.41, 5.74) is 0. The minimum atomic E-state index is -3.35. The second-order valence-electron chi connectivity index (χ2n) is 4.32. The molecule has 0 aliphatic carbocycles. The van der Waals surface area contributed by atoms with Crippen LogP contribution in [0.25, 0.3) is 0 Å². The second kappa shape index (κ2) is 6.89. The molecule has 1 unspecified atom stereocenters. The van der Waals surface area contributed by atoms with Gasteiger partial charge in [0.1, 0.15) is 4.21 Å². The van der Waals surface area contributed by atoms with Crippen molar-refractivity contribution in [1.82, 2.24) is 4.31 Å². The highest BCUT2D eigenvalue weighted by atomic mass is 35.5. The zero-order chi connectivity index (χ0) is 13.8. The Kier molecular flexibility index (Phi) is 6.11. The maximum Gasteiger partial charge on any atom is 0.252 e. The van der Waals surface area contributed by atoms with E-state index in [4.69, 9.17) is 11.6 Å². The lowest BCUT2D eigenvalue weighted by Gasteiger charge is -2.23. The lowest BCUT2D eigenvalue weighted by molar-refractivity contribution is 0.369. The number of rotatable bonds is 7. The number of sulfonamides is 1. The monoisotopic (exact) mass is 309 g/mol. The molecule has 0 spiro atoms. The van der Waals surface area contributed by atoms with E-state index >= 15 is 0 Å². The summed E-state index contributed by atoms with van der Waals surface area (Å²) >= 11 is 6.97. The average Bonchev–Trinajstić information content (AvgIpc) is 2.78. The van der Waals surface area contributed by atoms with Gasteiger partial charge in [0.25, 0.3) is 10.0 Å². The van der Waals surface area contributed by atoms with E-state index in [1.165, 1.54) is 15.6 Å². The first kappa shape index (κ1) is 16.0. The van der Waals surface area contributed by atoms with E-state index in [-0.39, 0.29) is 6.04 Å². The molecule has 0 aromatic carbocycles. The van der Waals surface area contributed by atoms with Gasteiger partial charge in [0.05, 0.1) is 0 Å². The molecule has 0 bridgehead atoms. The molecule has 0 radical (unpaired) electrons. The van der Waals surface area contributed by atoms with Crippen LogP contribution in [0.15, 0.2) is 16.3 Å². The molecule has 0 fully saturated rings. The van der Waals surface area contributed by atoms with Gasteiger partial charge in [0, 0.05) is 23.8 Å². The van der Waals surface area contributed by atoms with Gasteiger partial charge in [0.2, 0.25) is 0 Å². The van der Waals surface area contributed by atoms with Gasteiger partial charge in [-0.2, -0.15) is 4.31 Å². The predicted octanol–water partition coefficient (Wildman–Crippen LogP) is 3.34. The molecule has 0 saturated carbocycles. The lowest BCUT2D eigenvalue weighted by Crippen LogP contribution is -2.34. The van der Waals surface area contributed by atoms with E-state index < -0.39 is 10.0 Å². The third-order valence-corrected chi connectivity index (χ3v) is 6.71. The van der Waals surface area contributed by atoms with Gasteiger partial charge in [-0.1, -0.05) is 13.3 Å². The summed E-state index contributed by atoms with van der Waals surface area (Å²) < 4.78 is 26.6. The molecule has 0 N–H and O–H groups in total. The van der Waals surface area contributed by atoms with Crippen LogP contribution in [0.3, 0.4) is 0 Å². The van der Waals surface area contributed by atoms with Crippen LogP contribution < -0.4 is 0 Å². The van der Waals surface area contributed by atoms with Crippen LogP contribution in [0, 0.1) is 0 Å². The fraction of sp³-hybridized carbons (Fsp3) is 0.667. The molecule has 0 aliphatic heterocycles. The zero-order valence-corrected chi connectivity index (χ0v) is 13.4. The Balaban J connectivity index is 2.90. The van der Waals surface area contributed by atoms with E-state index in [1.54, 1.807) is 13.1 Å². The number of alkyl halides is 1. The van der Waals surface area contributed by atoms with Gasteiger partial charge < -0.3 is 0 Å². The molecule has 1 atom stereocenters. The third kappa shape index (κ3) is 3.70. The van der Waals surface area contributed by atoms with Gasteiger partial charge in [0.15, 0.2) is 0 Å². The molecular weight excluding hydrogens is 290 g/mol. The summed E-state index contributed by atoms with van der Waals surface area (Å²) in [6, 6.07) is 3.55. The first-order chi connectivity index (χ1) is 8.43. The summed E-state index contributed by atoms with van der Waals surface area (Å²) in [6.45, 7) is 4.00. The number of aryl methyl sites for hydroxylation is 1. The minimum Gasteiger partial charge on any atom is -0.206 e. The Morgan fingerprint density at radius 1 is 1.44 bits per heavy atom. The number of hydrogen-bond acceptors (Lipinski definition) is 3. The van der Waals surface area contributed by atoms with Crippen molar-refractivity contribution < 1.29 is 8.42 Å². The number of thiophene rings is 1. The van der Waals surface area contributed by atoms with Gasteiger partial charge in [-0.25, -0.2) is 8.42 Å². The number of hydrogen-bond donors (Lipinski definition) is 0. The van der Waals surface area contributed by atoms with Crippen molar-refractivity contribution in [3.63, 3.8) is 0 Å². The van der Waals surface area contributed by atoms with Gasteiger partial charge in [-0.05, 0) is 31.9 Å². The van der Waals surface area contributed by atoms with Crippen molar-refractivity contribution in [1.29, 1.82) is 0 Å². The van der Waals surface area contributed by atoms with Crippen LogP contribution in [0.5, 0.6) is 0 Å². The highest BCUT2D eigenvalue weighted by Gasteiger charge is 2.26. The molecule has 104 valence electrons. The Morgan fingerprint density at radius 3 is 2.67 bits per heavy atom. The van der Waals surface area contributed by atoms with Gasteiger partial charge in [-0.15, -0.1) is 22.9 Å². The van der Waals surface area contributed by atoms with Gasteiger partial charge >= 0.3 is 0 Å². The zero-order valence-electron chi connectivity index (χ0n) is 11.0. The van der Waals surface area contributed by atoms with E-state index in [0.717, 1.165) is 24.1 Å². The summed E-state index contributed by atoms with van der Waals surface area (Å²) in [6.07, 6.45) is 2.56. The molecule has 6 heteroatoms. The molecule has 18 heavy (non-hydrogen) atoms. The Bertz CT molecular complexity index is 470. The van der Waals surface area contributed by atoms with Crippen molar-refractivity contribution >= 4 is 33.0 Å². The summed E-state index contributed by atoms with van der Waals surface area (Å²) in [5.74, 6) is 0.516. The molecule has 0 aliphatic rings. The average molecular weight is 310 g/mol. The maximum absolute atomic E-state index is 12.4. The van der Waals surface area contributed by atoms with Crippen LogP contribution in [0.1, 0.15) is 31.6 Å². The predicted molar refractivity (Wildman–Crippen MR) is 78.1 cm³/mol. The molecule has 1 rings (SSSR count). The highest BCUT2D eigenvalue weighted by molar-refractivity contribution is 7.91. The van der Waals surface area contributed by atoms with E-state index in [2.05, 4.69) is 6.92 Å². The van der Waals surface area contributed by atoms with Crippen molar-refractivity contribution in [3.05, 3.63) is 17.0 Å². The van der Waals surface area contributed by atoms with Crippen molar-refractivity contribution in [2.45, 2.75) is 43.4 Å². The third-order valence-electron chi connectivity index (χ3n) is 2.94. The molecule has 0 saturated heterocycles. The van der Waals surface area contributed by atoms with Crippen LogP contribution in [0.4, 0.5) is 0 Å². The molecule has 1 heterocycles. The topological polar surface area (TPSA) is 37.4 Å². The fourth-order valence-electron chi connectivity index (χ4n) is 1.70. The molecule has 1 aromatic rings. The quantitative estimate of drug-likeness (QED) is 0.724. The van der Waals surface area contributed by atoms with Crippen molar-refractivity contribution in [2.24, 2.45) is 0 Å². The fourth-order valence-corrected chi connectivity index (χ4v) is 4.95. The molecule has 3 nitrogen and oxygen atoms in total. The first-order valence-electron chi connectivity index (χ1n) is 6.06. The summed E-state index contributed by atoms with van der Waals surface area (Å²) in [7, 11) is -1.70. The van der Waals surface area contributed by atoms with Crippen LogP contribution in [0.2, 0.25) is 0 Å². The maximum atomic E-state index is 12.4. The molecular formula is C12H20ClNO2S2. The van der Waals surface area contributed by atoms with Crippen molar-refractivity contribution in [3.8, 4) is 0 Å². The number of halogens is 1. The van der Waals surface area contributed by atoms with Gasteiger partial charge in [-0.3, -0.25) is 0 Å². The minimum absolute atomic E-state index is 0.0265. The number of nitrogens with zero attached hydrogens (tertiary/aromatic N) is 1. The van der Waals surface area contributed by atoms with Crippen LogP contribution in [-0.2, 0) is 16.4 Å². The summed E-state index contributed by atoms with van der Waals surface area (Å²) in [5, 5.41) is 0.